The van der Waals surface area contributed by atoms with E-state index in [-0.39, 0.29) is 18.4 Å². The Bertz CT molecular complexity index is 219. The van der Waals surface area contributed by atoms with Crippen LogP contribution in [0.15, 0.2) is 0 Å². The minimum atomic E-state index is -4.69. The van der Waals surface area contributed by atoms with Crippen LogP contribution in [-0.4, -0.2) is 18.4 Å². The molecule has 5 heteroatoms. The number of hydrogen-bond acceptors (Lipinski definition) is 1. The maximum absolute atomic E-state index is 12.9. The summed E-state index contributed by atoms with van der Waals surface area (Å²) in [4.78, 5) is 0. The number of rotatable bonds is 4. The van der Waals surface area contributed by atoms with Gasteiger partial charge >= 0.3 is 6.18 Å². The van der Waals surface area contributed by atoms with Gasteiger partial charge in [-0.05, 0) is 31.6 Å². The average Bonchev–Trinajstić information content (AvgIpc) is 2.18. The summed E-state index contributed by atoms with van der Waals surface area (Å²) in [5.41, 5.74) is 5.69. The molecule has 0 saturated heterocycles. The van der Waals surface area contributed by atoms with Crippen LogP contribution in [0.4, 0.5) is 17.6 Å². The lowest BCUT2D eigenvalue weighted by Gasteiger charge is -2.30. The van der Waals surface area contributed by atoms with Gasteiger partial charge in [0.05, 0.1) is 0 Å². The lowest BCUT2D eigenvalue weighted by molar-refractivity contribution is -0.185. The second-order valence-corrected chi connectivity index (χ2v) is 5.34. The van der Waals surface area contributed by atoms with E-state index in [1.165, 1.54) is 0 Å². The zero-order valence-electron chi connectivity index (χ0n) is 10.1. The Morgan fingerprint density at radius 3 is 1.82 bits per heavy atom. The van der Waals surface area contributed by atoms with E-state index in [0.717, 1.165) is 19.3 Å². The Hall–Kier alpha value is -0.320. The summed E-state index contributed by atoms with van der Waals surface area (Å²) in [5, 5.41) is 0. The summed E-state index contributed by atoms with van der Waals surface area (Å²) < 4.78 is 49.0. The molecule has 2 N–H and O–H groups in total. The molecule has 0 aromatic heterocycles. The van der Waals surface area contributed by atoms with Crippen LogP contribution in [0.25, 0.3) is 0 Å². The number of halogens is 4. The summed E-state index contributed by atoms with van der Waals surface area (Å²) in [7, 11) is 0. The zero-order valence-corrected chi connectivity index (χ0v) is 10.1. The van der Waals surface area contributed by atoms with E-state index in [2.05, 4.69) is 0 Å². The highest BCUT2D eigenvalue weighted by Gasteiger charge is 2.41. The number of hydrogen-bond donors (Lipinski definition) is 1. The van der Waals surface area contributed by atoms with E-state index in [4.69, 9.17) is 5.73 Å². The highest BCUT2D eigenvalue weighted by atomic mass is 19.4. The van der Waals surface area contributed by atoms with Crippen molar-refractivity contribution in [2.24, 2.45) is 17.6 Å². The smallest absolute Gasteiger partial charge is 0.328 e. The molecule has 1 rings (SSSR count). The van der Waals surface area contributed by atoms with Crippen LogP contribution in [-0.2, 0) is 0 Å². The molecule has 2 unspecified atom stereocenters. The van der Waals surface area contributed by atoms with Crippen molar-refractivity contribution in [3.8, 4) is 0 Å². The summed E-state index contributed by atoms with van der Waals surface area (Å²) in [6.07, 6.45) is -3.62. The van der Waals surface area contributed by atoms with E-state index in [0.29, 0.717) is 18.8 Å². The fraction of sp³-hybridized carbons (Fsp3) is 1.00. The van der Waals surface area contributed by atoms with Gasteiger partial charge in [-0.1, -0.05) is 25.7 Å². The van der Waals surface area contributed by atoms with Crippen molar-refractivity contribution in [3.63, 3.8) is 0 Å². The van der Waals surface area contributed by atoms with Gasteiger partial charge in [0.15, 0.2) is 6.17 Å². The molecule has 0 heterocycles. The first-order valence-electron chi connectivity index (χ1n) is 6.25. The van der Waals surface area contributed by atoms with Crippen molar-refractivity contribution in [1.29, 1.82) is 0 Å². The molecule has 102 valence electrons. The largest absolute Gasteiger partial charge is 0.419 e. The Balaban J connectivity index is 2.28. The Morgan fingerprint density at radius 2 is 1.47 bits per heavy atom. The molecule has 2 atom stereocenters. The van der Waals surface area contributed by atoms with Crippen molar-refractivity contribution < 1.29 is 17.6 Å². The van der Waals surface area contributed by atoms with Crippen molar-refractivity contribution in [3.05, 3.63) is 0 Å². The van der Waals surface area contributed by atoms with Gasteiger partial charge in [-0.25, -0.2) is 4.39 Å². The maximum atomic E-state index is 12.9. The van der Waals surface area contributed by atoms with Gasteiger partial charge in [-0.15, -0.1) is 0 Å². The molecular weight excluding hydrogens is 234 g/mol. The third kappa shape index (κ3) is 5.23. The third-order valence-corrected chi connectivity index (χ3v) is 3.57. The van der Waals surface area contributed by atoms with Gasteiger partial charge in [0.2, 0.25) is 0 Å². The third-order valence-electron chi connectivity index (χ3n) is 3.57. The molecule has 0 spiro atoms. The lowest BCUT2D eigenvalue weighted by atomic mass is 9.77. The molecule has 0 aromatic carbocycles. The molecule has 1 aliphatic rings. The highest BCUT2D eigenvalue weighted by Crippen LogP contribution is 2.37. The minimum absolute atomic E-state index is 0.115. The SMILES string of the molecule is CC(N)CC1CCC(CC(F)C(F)(F)F)CC1. The average molecular weight is 255 g/mol. The highest BCUT2D eigenvalue weighted by molar-refractivity contribution is 4.78. The van der Waals surface area contributed by atoms with Gasteiger partial charge in [0, 0.05) is 6.04 Å². The van der Waals surface area contributed by atoms with Crippen molar-refractivity contribution in [1.82, 2.24) is 0 Å². The molecule has 1 nitrogen and oxygen atoms in total. The molecule has 0 amide bonds. The van der Waals surface area contributed by atoms with E-state index in [9.17, 15) is 17.6 Å². The van der Waals surface area contributed by atoms with E-state index >= 15 is 0 Å². The second kappa shape index (κ2) is 6.03. The Labute approximate surface area is 99.7 Å². The van der Waals surface area contributed by atoms with Crippen LogP contribution in [0.2, 0.25) is 0 Å². The maximum Gasteiger partial charge on any atom is 0.419 e. The number of alkyl halides is 4. The quantitative estimate of drug-likeness (QED) is 0.759. The van der Waals surface area contributed by atoms with Crippen LogP contribution < -0.4 is 5.73 Å². The molecule has 0 bridgehead atoms. The lowest BCUT2D eigenvalue weighted by Crippen LogP contribution is -2.29. The standard InChI is InChI=1S/C12H21F4N/c1-8(17)6-9-2-4-10(5-3-9)7-11(13)12(14,15)16/h8-11H,2-7,17H2,1H3. The van der Waals surface area contributed by atoms with Crippen molar-refractivity contribution >= 4 is 0 Å². The monoisotopic (exact) mass is 255 g/mol. The van der Waals surface area contributed by atoms with Crippen molar-refractivity contribution in [2.75, 3.05) is 0 Å². The first-order valence-corrected chi connectivity index (χ1v) is 6.25. The van der Waals surface area contributed by atoms with Gasteiger partial charge in [-0.3, -0.25) is 0 Å². The molecule has 1 saturated carbocycles. The van der Waals surface area contributed by atoms with Gasteiger partial charge < -0.3 is 5.73 Å². The van der Waals surface area contributed by atoms with Crippen LogP contribution >= 0.6 is 0 Å². The van der Waals surface area contributed by atoms with E-state index in [1.807, 2.05) is 6.92 Å². The molecule has 17 heavy (non-hydrogen) atoms. The number of nitrogens with two attached hydrogens (primary N) is 1. The summed E-state index contributed by atoms with van der Waals surface area (Å²) in [6.45, 7) is 1.94. The molecule has 0 radical (unpaired) electrons. The molecule has 1 aliphatic carbocycles. The fourth-order valence-electron chi connectivity index (χ4n) is 2.65. The van der Waals surface area contributed by atoms with E-state index in [1.54, 1.807) is 0 Å². The minimum Gasteiger partial charge on any atom is -0.328 e. The van der Waals surface area contributed by atoms with Crippen LogP contribution in [0.3, 0.4) is 0 Å². The summed E-state index contributed by atoms with van der Waals surface area (Å²) in [5.74, 6) is 0.395. The topological polar surface area (TPSA) is 26.0 Å². The summed E-state index contributed by atoms with van der Waals surface area (Å²) >= 11 is 0. The molecule has 0 aromatic rings. The predicted molar refractivity (Wildman–Crippen MR) is 59.3 cm³/mol. The van der Waals surface area contributed by atoms with Crippen LogP contribution in [0.1, 0.15) is 45.4 Å². The second-order valence-electron chi connectivity index (χ2n) is 5.34. The van der Waals surface area contributed by atoms with E-state index < -0.39 is 12.3 Å². The molecule has 1 fully saturated rings. The van der Waals surface area contributed by atoms with Crippen LogP contribution in [0.5, 0.6) is 0 Å². The Morgan fingerprint density at radius 1 is 1.06 bits per heavy atom. The van der Waals surface area contributed by atoms with Gasteiger partial charge in [0.1, 0.15) is 0 Å². The van der Waals surface area contributed by atoms with Gasteiger partial charge in [-0.2, -0.15) is 13.2 Å². The van der Waals surface area contributed by atoms with Crippen LogP contribution in [0, 0.1) is 11.8 Å². The van der Waals surface area contributed by atoms with Crippen molar-refractivity contribution in [2.45, 2.75) is 63.8 Å². The first-order chi connectivity index (χ1) is 7.79. The molecule has 0 aliphatic heterocycles. The molecular formula is C12H21F4N. The predicted octanol–water partition coefficient (Wildman–Crippen LogP) is 3.82. The zero-order chi connectivity index (χ0) is 13.1. The van der Waals surface area contributed by atoms with Gasteiger partial charge in [0.25, 0.3) is 0 Å². The normalized spacial score (nSPS) is 30.0. The summed E-state index contributed by atoms with van der Waals surface area (Å²) in [6, 6.07) is 0.139. The Kier molecular flexibility index (Phi) is 5.22. The first kappa shape index (κ1) is 14.7. The fourth-order valence-corrected chi connectivity index (χ4v) is 2.65.